The fourth-order valence-electron chi connectivity index (χ4n) is 1.75. The van der Waals surface area contributed by atoms with Gasteiger partial charge in [0.15, 0.2) is 0 Å². The van der Waals surface area contributed by atoms with Crippen LogP contribution in [0.2, 0.25) is 0 Å². The van der Waals surface area contributed by atoms with Gasteiger partial charge in [0.25, 0.3) is 5.91 Å². The molecule has 2 unspecified atom stereocenters. The molecule has 0 spiro atoms. The van der Waals surface area contributed by atoms with Crippen molar-refractivity contribution in [3.8, 4) is 0 Å². The lowest BCUT2D eigenvalue weighted by atomic mass is 10.3. The molecule has 2 atom stereocenters. The van der Waals surface area contributed by atoms with Crippen LogP contribution in [0.5, 0.6) is 0 Å². The first-order chi connectivity index (χ1) is 9.02. The third-order valence-corrected chi connectivity index (χ3v) is 3.68. The third-order valence-electron chi connectivity index (χ3n) is 2.71. The molecule has 0 aliphatic carbocycles. The molecule has 19 heavy (non-hydrogen) atoms. The second kappa shape index (κ2) is 5.64. The van der Waals surface area contributed by atoms with E-state index in [-0.39, 0.29) is 35.5 Å². The van der Waals surface area contributed by atoms with Crippen LogP contribution in [0.1, 0.15) is 26.4 Å². The highest BCUT2D eigenvalue weighted by Gasteiger charge is 2.33. The van der Waals surface area contributed by atoms with Crippen molar-refractivity contribution in [3.63, 3.8) is 0 Å². The average molecular weight is 286 g/mol. The van der Waals surface area contributed by atoms with Gasteiger partial charge in [-0.1, -0.05) is 0 Å². The average Bonchev–Trinajstić information content (AvgIpc) is 2.97. The molecule has 104 valence electrons. The minimum absolute atomic E-state index is 0.0760. The van der Waals surface area contributed by atoms with Crippen LogP contribution in [0.4, 0.5) is 0 Å². The third kappa shape index (κ3) is 2.91. The molecule has 1 saturated heterocycles. The molecule has 1 aliphatic rings. The number of thiazole rings is 1. The summed E-state index contributed by atoms with van der Waals surface area (Å²) >= 11 is 0.938. The van der Waals surface area contributed by atoms with Crippen molar-refractivity contribution >= 4 is 23.2 Å². The molecule has 1 fully saturated rings. The summed E-state index contributed by atoms with van der Waals surface area (Å²) in [5.41, 5.74) is 0. The first kappa shape index (κ1) is 13.9. The summed E-state index contributed by atoms with van der Waals surface area (Å²) in [5, 5.41) is 18.9. The van der Waals surface area contributed by atoms with Crippen molar-refractivity contribution in [2.45, 2.75) is 19.1 Å². The maximum absolute atomic E-state index is 12.1. The molecule has 2 rings (SSSR count). The molecule has 0 aromatic carbocycles. The van der Waals surface area contributed by atoms with Gasteiger partial charge >= 0.3 is 5.97 Å². The number of nitrogens with zero attached hydrogens (tertiary/aromatic N) is 2. The number of ether oxygens (including phenoxy) is 1. The van der Waals surface area contributed by atoms with Crippen molar-refractivity contribution < 1.29 is 24.5 Å². The number of aromatic nitrogens is 1. The molecule has 0 bridgehead atoms. The Morgan fingerprint density at radius 2 is 2.11 bits per heavy atom. The number of carbonyl (C=O) groups excluding carboxylic acids is 2. The Morgan fingerprint density at radius 3 is 2.68 bits per heavy atom. The fraction of sp³-hybridized carbons (Fsp3) is 0.545. The lowest BCUT2D eigenvalue weighted by Gasteiger charge is -2.13. The van der Waals surface area contributed by atoms with Gasteiger partial charge < -0.3 is 19.8 Å². The molecule has 8 heteroatoms. The number of aliphatic hydroxyl groups is 2. The quantitative estimate of drug-likeness (QED) is 0.726. The summed E-state index contributed by atoms with van der Waals surface area (Å²) in [6.07, 6.45) is -0.557. The first-order valence-electron chi connectivity index (χ1n) is 5.81. The highest BCUT2D eigenvalue weighted by molar-refractivity contribution is 7.15. The number of aliphatic hydroxyl groups excluding tert-OH is 2. The molecule has 2 heterocycles. The van der Waals surface area contributed by atoms with E-state index in [4.69, 9.17) is 4.74 Å². The smallest absolute Gasteiger partial charge is 0.367 e. The van der Waals surface area contributed by atoms with Gasteiger partial charge in [0.2, 0.25) is 5.01 Å². The highest BCUT2D eigenvalue weighted by Crippen LogP contribution is 2.19. The maximum Gasteiger partial charge on any atom is 0.367 e. The van der Waals surface area contributed by atoms with Gasteiger partial charge in [-0.15, -0.1) is 11.3 Å². The number of carbonyl (C=O) groups is 2. The monoisotopic (exact) mass is 286 g/mol. The van der Waals surface area contributed by atoms with Gasteiger partial charge in [-0.25, -0.2) is 9.78 Å². The Balaban J connectivity index is 2.06. The number of rotatable bonds is 3. The molecule has 0 radical (unpaired) electrons. The number of likely N-dealkylation sites (tertiary alicyclic amines) is 1. The van der Waals surface area contributed by atoms with E-state index in [9.17, 15) is 19.8 Å². The lowest BCUT2D eigenvalue weighted by molar-refractivity contribution is 0.0525. The zero-order chi connectivity index (χ0) is 14.0. The van der Waals surface area contributed by atoms with E-state index in [0.717, 1.165) is 11.3 Å². The summed E-state index contributed by atoms with van der Waals surface area (Å²) in [6.45, 7) is 2.08. The molecule has 0 saturated carbocycles. The Hall–Kier alpha value is -1.51. The summed E-state index contributed by atoms with van der Waals surface area (Å²) in [4.78, 5) is 28.9. The molecule has 1 aliphatic heterocycles. The topological polar surface area (TPSA) is 100.0 Å². The van der Waals surface area contributed by atoms with Crippen molar-refractivity contribution in [2.75, 3.05) is 19.7 Å². The predicted molar refractivity (Wildman–Crippen MR) is 66.0 cm³/mol. The fourth-order valence-corrected chi connectivity index (χ4v) is 2.53. The van der Waals surface area contributed by atoms with Gasteiger partial charge in [-0.05, 0) is 6.92 Å². The van der Waals surface area contributed by atoms with Gasteiger partial charge in [0, 0.05) is 13.1 Å². The number of amides is 1. The Kier molecular flexibility index (Phi) is 4.13. The Labute approximate surface area is 113 Å². The molecule has 1 aromatic heterocycles. The highest BCUT2D eigenvalue weighted by atomic mass is 32.1. The normalized spacial score (nSPS) is 22.6. The van der Waals surface area contributed by atoms with Crippen molar-refractivity contribution in [1.82, 2.24) is 9.88 Å². The van der Waals surface area contributed by atoms with Crippen LogP contribution >= 0.6 is 11.3 Å². The Bertz CT molecular complexity index is 479. The van der Waals surface area contributed by atoms with Gasteiger partial charge in [0.1, 0.15) is 4.88 Å². The van der Waals surface area contributed by atoms with Crippen LogP contribution in [0, 0.1) is 0 Å². The lowest BCUT2D eigenvalue weighted by Crippen LogP contribution is -2.29. The van der Waals surface area contributed by atoms with E-state index in [2.05, 4.69) is 4.98 Å². The first-order valence-corrected chi connectivity index (χ1v) is 6.63. The summed E-state index contributed by atoms with van der Waals surface area (Å²) in [5.74, 6) is -0.920. The minimum atomic E-state index is -0.929. The zero-order valence-corrected chi connectivity index (χ0v) is 11.1. The second-order valence-corrected chi connectivity index (χ2v) is 5.13. The summed E-state index contributed by atoms with van der Waals surface area (Å²) in [6, 6.07) is 0. The molecule has 1 amide bonds. The number of hydrogen-bond donors (Lipinski definition) is 2. The predicted octanol–water partition coefficient (Wildman–Crippen LogP) is -0.503. The van der Waals surface area contributed by atoms with Crippen LogP contribution in [-0.4, -0.2) is 63.9 Å². The van der Waals surface area contributed by atoms with Crippen LogP contribution in [-0.2, 0) is 4.74 Å². The zero-order valence-electron chi connectivity index (χ0n) is 10.3. The van der Waals surface area contributed by atoms with Crippen LogP contribution < -0.4 is 0 Å². The number of esters is 1. The summed E-state index contributed by atoms with van der Waals surface area (Å²) in [7, 11) is 0. The van der Waals surface area contributed by atoms with E-state index in [1.54, 1.807) is 6.92 Å². The minimum Gasteiger partial charge on any atom is -0.461 e. The largest absolute Gasteiger partial charge is 0.461 e. The molecular weight excluding hydrogens is 272 g/mol. The van der Waals surface area contributed by atoms with Crippen LogP contribution in [0.3, 0.4) is 0 Å². The van der Waals surface area contributed by atoms with E-state index in [1.165, 1.54) is 11.1 Å². The SMILES string of the molecule is CCOC(=O)c1ncc(C(=O)N2CC(O)C(O)C2)s1. The van der Waals surface area contributed by atoms with Crippen molar-refractivity contribution in [3.05, 3.63) is 16.1 Å². The van der Waals surface area contributed by atoms with Gasteiger partial charge in [-0.3, -0.25) is 4.79 Å². The van der Waals surface area contributed by atoms with Crippen LogP contribution in [0.25, 0.3) is 0 Å². The number of hydrogen-bond acceptors (Lipinski definition) is 7. The standard InChI is InChI=1S/C11H14N2O5S/c1-2-18-11(17)9-12-3-8(19-9)10(16)13-4-6(14)7(15)5-13/h3,6-7,14-15H,2,4-5H2,1H3. The summed E-state index contributed by atoms with van der Waals surface area (Å²) < 4.78 is 4.78. The molecule has 7 nitrogen and oxygen atoms in total. The van der Waals surface area contributed by atoms with Crippen molar-refractivity contribution in [2.24, 2.45) is 0 Å². The maximum atomic E-state index is 12.1. The molecule has 1 aromatic rings. The van der Waals surface area contributed by atoms with E-state index in [1.807, 2.05) is 0 Å². The second-order valence-electron chi connectivity index (χ2n) is 4.09. The van der Waals surface area contributed by atoms with Gasteiger partial charge in [-0.2, -0.15) is 0 Å². The van der Waals surface area contributed by atoms with E-state index >= 15 is 0 Å². The van der Waals surface area contributed by atoms with Crippen LogP contribution in [0.15, 0.2) is 6.20 Å². The van der Waals surface area contributed by atoms with E-state index < -0.39 is 18.2 Å². The molecule has 2 N–H and O–H groups in total. The van der Waals surface area contributed by atoms with Gasteiger partial charge in [0.05, 0.1) is 25.0 Å². The van der Waals surface area contributed by atoms with Crippen molar-refractivity contribution in [1.29, 1.82) is 0 Å². The Morgan fingerprint density at radius 1 is 1.47 bits per heavy atom. The number of β-amino-alcohol motifs (C(OH)–C–C–N with tert-alkyl or cyclic N) is 2. The van der Waals surface area contributed by atoms with E-state index in [0.29, 0.717) is 0 Å². The molecular formula is C11H14N2O5S.